The summed E-state index contributed by atoms with van der Waals surface area (Å²) in [6.45, 7) is -0.245. The summed E-state index contributed by atoms with van der Waals surface area (Å²) in [5, 5.41) is 11.7. The van der Waals surface area contributed by atoms with Crippen molar-refractivity contribution in [1.82, 2.24) is 5.32 Å². The van der Waals surface area contributed by atoms with Gasteiger partial charge in [0.1, 0.15) is 17.4 Å². The highest BCUT2D eigenvalue weighted by atomic mass is 19.1. The van der Waals surface area contributed by atoms with Gasteiger partial charge in [0.2, 0.25) is 0 Å². The number of hydrogen-bond acceptors (Lipinski definition) is 3. The lowest BCUT2D eigenvalue weighted by Crippen LogP contribution is -2.22. The number of rotatable bonds is 5. The van der Waals surface area contributed by atoms with Gasteiger partial charge in [0.15, 0.2) is 5.76 Å². The van der Waals surface area contributed by atoms with Crippen LogP contribution in [0, 0.1) is 11.6 Å². The Hall–Kier alpha value is -2.99. The second-order valence-corrected chi connectivity index (χ2v) is 5.44. The first-order valence-electron chi connectivity index (χ1n) is 7.59. The number of halogens is 2. The van der Waals surface area contributed by atoms with Crippen LogP contribution in [0.1, 0.15) is 21.7 Å². The van der Waals surface area contributed by atoms with E-state index in [9.17, 15) is 13.6 Å². The van der Waals surface area contributed by atoms with Crippen LogP contribution in [0.2, 0.25) is 0 Å². The fourth-order valence-electron chi connectivity index (χ4n) is 2.36. The first-order chi connectivity index (χ1) is 12.1. The van der Waals surface area contributed by atoms with Gasteiger partial charge < -0.3 is 14.8 Å². The Labute approximate surface area is 142 Å². The van der Waals surface area contributed by atoms with Crippen molar-refractivity contribution in [2.75, 3.05) is 0 Å². The van der Waals surface area contributed by atoms with E-state index < -0.39 is 18.3 Å². The zero-order valence-corrected chi connectivity index (χ0v) is 13.1. The summed E-state index contributed by atoms with van der Waals surface area (Å²) in [6, 6.07) is 13.2. The largest absolute Gasteiger partial charge is 0.451 e. The molecule has 4 nitrogen and oxygen atoms in total. The first-order valence-corrected chi connectivity index (χ1v) is 7.59. The third-order valence-electron chi connectivity index (χ3n) is 3.69. The number of aliphatic hydroxyl groups is 1. The summed E-state index contributed by atoms with van der Waals surface area (Å²) in [4.78, 5) is 12.1. The lowest BCUT2D eigenvalue weighted by molar-refractivity contribution is 0.0924. The molecule has 3 aromatic rings. The molecule has 0 bridgehead atoms. The molecule has 1 aromatic heterocycles. The Morgan fingerprint density at radius 3 is 2.52 bits per heavy atom. The smallest absolute Gasteiger partial charge is 0.287 e. The number of nitrogens with one attached hydrogen (secondary N) is 1. The number of hydrogen-bond donors (Lipinski definition) is 2. The van der Waals surface area contributed by atoms with Gasteiger partial charge in [-0.2, -0.15) is 0 Å². The van der Waals surface area contributed by atoms with Gasteiger partial charge in [0.05, 0.1) is 6.61 Å². The predicted molar refractivity (Wildman–Crippen MR) is 87.6 cm³/mol. The van der Waals surface area contributed by atoms with Crippen LogP contribution in [0.4, 0.5) is 8.78 Å². The molecule has 6 heteroatoms. The minimum Gasteiger partial charge on any atom is -0.451 e. The molecule has 0 aliphatic carbocycles. The molecule has 1 amide bonds. The van der Waals surface area contributed by atoms with E-state index >= 15 is 0 Å². The van der Waals surface area contributed by atoms with Crippen LogP contribution in [0.15, 0.2) is 59.0 Å². The maximum atomic E-state index is 13.3. The maximum absolute atomic E-state index is 13.3. The molecule has 0 saturated heterocycles. The highest BCUT2D eigenvalue weighted by Crippen LogP contribution is 2.22. The lowest BCUT2D eigenvalue weighted by atomic mass is 10.1. The molecule has 128 valence electrons. The Kier molecular flexibility index (Phi) is 4.90. The molecule has 2 aromatic carbocycles. The summed E-state index contributed by atoms with van der Waals surface area (Å²) in [5.74, 6) is -0.705. The number of aliphatic hydroxyl groups excluding tert-OH is 1. The first kappa shape index (κ1) is 16.9. The van der Waals surface area contributed by atoms with Crippen molar-refractivity contribution in [3.8, 4) is 11.3 Å². The Balaban J connectivity index is 1.67. The fourth-order valence-corrected chi connectivity index (χ4v) is 2.36. The van der Waals surface area contributed by atoms with Crippen LogP contribution in [-0.2, 0) is 13.2 Å². The molecule has 3 rings (SSSR count). The molecule has 1 heterocycles. The molecule has 0 unspecified atom stereocenters. The third kappa shape index (κ3) is 3.92. The van der Waals surface area contributed by atoms with Gasteiger partial charge in [-0.15, -0.1) is 0 Å². The van der Waals surface area contributed by atoms with Crippen LogP contribution >= 0.6 is 0 Å². The number of amides is 1. The minimum absolute atomic E-state index is 0.115. The van der Waals surface area contributed by atoms with Crippen molar-refractivity contribution in [3.63, 3.8) is 0 Å². The SMILES string of the molecule is O=C(NCc1ccc(F)c(CO)c1)c1ccc(-c2ccc(F)cc2)o1. The molecule has 0 aliphatic heterocycles. The third-order valence-corrected chi connectivity index (χ3v) is 3.69. The highest BCUT2D eigenvalue weighted by Gasteiger charge is 2.12. The van der Waals surface area contributed by atoms with E-state index in [0.717, 1.165) is 0 Å². The number of furan rings is 1. The molecule has 0 spiro atoms. The van der Waals surface area contributed by atoms with E-state index in [-0.39, 0.29) is 23.7 Å². The zero-order chi connectivity index (χ0) is 17.8. The van der Waals surface area contributed by atoms with Crippen molar-refractivity contribution < 1.29 is 23.1 Å². The van der Waals surface area contributed by atoms with Crippen molar-refractivity contribution in [1.29, 1.82) is 0 Å². The topological polar surface area (TPSA) is 62.5 Å². The quantitative estimate of drug-likeness (QED) is 0.743. The molecule has 25 heavy (non-hydrogen) atoms. The van der Waals surface area contributed by atoms with E-state index in [4.69, 9.17) is 9.52 Å². The highest BCUT2D eigenvalue weighted by molar-refractivity contribution is 5.92. The normalized spacial score (nSPS) is 10.7. The van der Waals surface area contributed by atoms with Gasteiger partial charge in [-0.1, -0.05) is 6.07 Å². The Bertz CT molecular complexity index is 888. The van der Waals surface area contributed by atoms with Crippen LogP contribution < -0.4 is 5.32 Å². The van der Waals surface area contributed by atoms with Gasteiger partial charge in [0.25, 0.3) is 5.91 Å². The van der Waals surface area contributed by atoms with Crippen molar-refractivity contribution in [3.05, 3.63) is 83.1 Å². The van der Waals surface area contributed by atoms with Gasteiger partial charge in [-0.25, -0.2) is 8.78 Å². The summed E-state index contributed by atoms with van der Waals surface area (Å²) in [6.07, 6.45) is 0. The second kappa shape index (κ2) is 7.27. The summed E-state index contributed by atoms with van der Waals surface area (Å²) >= 11 is 0. The summed E-state index contributed by atoms with van der Waals surface area (Å²) in [7, 11) is 0. The van der Waals surface area contributed by atoms with Gasteiger partial charge in [0, 0.05) is 17.7 Å². The number of benzene rings is 2. The predicted octanol–water partition coefficient (Wildman–Crippen LogP) is 3.65. The molecular formula is C19H15F2NO3. The monoisotopic (exact) mass is 343 g/mol. The molecular weight excluding hydrogens is 328 g/mol. The van der Waals surface area contributed by atoms with Crippen molar-refractivity contribution >= 4 is 5.91 Å². The molecule has 0 aliphatic rings. The Morgan fingerprint density at radius 2 is 1.80 bits per heavy atom. The molecule has 0 saturated carbocycles. The van der Waals surface area contributed by atoms with E-state index in [1.165, 1.54) is 36.4 Å². The second-order valence-electron chi connectivity index (χ2n) is 5.44. The van der Waals surface area contributed by atoms with E-state index in [2.05, 4.69) is 5.32 Å². The fraction of sp³-hybridized carbons (Fsp3) is 0.105. The van der Waals surface area contributed by atoms with E-state index in [1.54, 1.807) is 18.2 Å². The zero-order valence-electron chi connectivity index (χ0n) is 13.1. The van der Waals surface area contributed by atoms with Crippen LogP contribution in [-0.4, -0.2) is 11.0 Å². The minimum atomic E-state index is -0.493. The molecule has 0 atom stereocenters. The average Bonchev–Trinajstić information content (AvgIpc) is 3.11. The molecule has 0 fully saturated rings. The van der Waals surface area contributed by atoms with Crippen molar-refractivity contribution in [2.45, 2.75) is 13.2 Å². The summed E-state index contributed by atoms with van der Waals surface area (Å²) < 4.78 is 31.8. The maximum Gasteiger partial charge on any atom is 0.287 e. The van der Waals surface area contributed by atoms with Crippen molar-refractivity contribution in [2.24, 2.45) is 0 Å². The molecule has 0 radical (unpaired) electrons. The van der Waals surface area contributed by atoms with E-state index in [0.29, 0.717) is 16.9 Å². The molecule has 2 N–H and O–H groups in total. The average molecular weight is 343 g/mol. The van der Waals surface area contributed by atoms with E-state index in [1.807, 2.05) is 0 Å². The van der Waals surface area contributed by atoms with Gasteiger partial charge in [-0.05, 0) is 54.1 Å². The van der Waals surface area contributed by atoms with Gasteiger partial charge in [-0.3, -0.25) is 4.79 Å². The van der Waals surface area contributed by atoms with Crippen LogP contribution in [0.5, 0.6) is 0 Å². The van der Waals surface area contributed by atoms with Crippen LogP contribution in [0.25, 0.3) is 11.3 Å². The number of carbonyl (C=O) groups is 1. The van der Waals surface area contributed by atoms with Gasteiger partial charge >= 0.3 is 0 Å². The number of carbonyl (C=O) groups excluding carboxylic acids is 1. The Morgan fingerprint density at radius 1 is 1.04 bits per heavy atom. The standard InChI is InChI=1S/C19H15F2NO3/c20-15-4-2-13(3-5-15)17-7-8-18(25-17)19(24)22-10-12-1-6-16(21)14(9-12)11-23/h1-9,23H,10-11H2,(H,22,24). The summed E-state index contributed by atoms with van der Waals surface area (Å²) in [5.41, 5.74) is 1.49. The lowest BCUT2D eigenvalue weighted by Gasteiger charge is -2.06. The van der Waals surface area contributed by atoms with Crippen LogP contribution in [0.3, 0.4) is 0 Å².